The second kappa shape index (κ2) is 4.01. The van der Waals surface area contributed by atoms with Crippen LogP contribution in [-0.4, -0.2) is 12.9 Å². The molecule has 0 aromatic carbocycles. The Morgan fingerprint density at radius 2 is 2.33 bits per heavy atom. The van der Waals surface area contributed by atoms with E-state index >= 15 is 0 Å². The van der Waals surface area contributed by atoms with Gasteiger partial charge in [-0.25, -0.2) is 0 Å². The van der Waals surface area contributed by atoms with Crippen LogP contribution in [0.15, 0.2) is 16.3 Å². The van der Waals surface area contributed by atoms with Gasteiger partial charge in [-0.3, -0.25) is 4.99 Å². The van der Waals surface area contributed by atoms with Crippen LogP contribution in [0.4, 0.5) is 0 Å². The van der Waals surface area contributed by atoms with E-state index < -0.39 is 0 Å². The molecule has 2 nitrogen and oxygen atoms in total. The molecule has 0 rings (SSSR count). The molecule has 0 aromatic heterocycles. The molecule has 1 N–H and O–H groups in total. The predicted molar refractivity (Wildman–Crippen MR) is 41.3 cm³/mol. The van der Waals surface area contributed by atoms with Crippen LogP contribution >= 0.6 is 0 Å². The van der Waals surface area contributed by atoms with Crippen molar-refractivity contribution in [3.8, 4) is 0 Å². The summed E-state index contributed by atoms with van der Waals surface area (Å²) < 4.78 is 0. The summed E-state index contributed by atoms with van der Waals surface area (Å²) in [6, 6.07) is 0. The first kappa shape index (κ1) is 8.08. The van der Waals surface area contributed by atoms with Gasteiger partial charge in [-0.15, -0.1) is 0 Å². The fourth-order valence-electron chi connectivity index (χ4n) is 0.599. The Morgan fingerprint density at radius 3 is 2.44 bits per heavy atom. The van der Waals surface area contributed by atoms with Crippen molar-refractivity contribution >= 4 is 12.9 Å². The lowest BCUT2D eigenvalue weighted by molar-refractivity contribution is 1.05. The number of aliphatic imine (C=N–C) groups is 1. The van der Waals surface area contributed by atoms with Gasteiger partial charge in [0, 0.05) is 11.9 Å². The summed E-state index contributed by atoms with van der Waals surface area (Å²) in [4.78, 5) is 3.76. The summed E-state index contributed by atoms with van der Waals surface area (Å²) in [5, 5.41) is 6.88. The minimum atomic E-state index is 0.852. The van der Waals surface area contributed by atoms with Gasteiger partial charge in [0.05, 0.1) is 0 Å². The molecule has 0 aliphatic rings. The standard InChI is InChI=1S/C7H12N2/c1-4-7(9-3)6(2)5-8/h5,8H,3-4H2,1-2H3/b7-6+,8-5?. The molecule has 0 fully saturated rings. The van der Waals surface area contributed by atoms with E-state index in [9.17, 15) is 0 Å². The molecule has 0 heterocycles. The normalized spacial score (nSPS) is 12.2. The predicted octanol–water partition coefficient (Wildman–Crippen LogP) is 2.02. The first-order valence-electron chi connectivity index (χ1n) is 2.93. The van der Waals surface area contributed by atoms with Gasteiger partial charge in [-0.2, -0.15) is 0 Å². The first-order valence-corrected chi connectivity index (χ1v) is 2.93. The van der Waals surface area contributed by atoms with Crippen molar-refractivity contribution in [1.82, 2.24) is 0 Å². The van der Waals surface area contributed by atoms with Crippen molar-refractivity contribution in [3.63, 3.8) is 0 Å². The second-order valence-electron chi connectivity index (χ2n) is 1.79. The van der Waals surface area contributed by atoms with Gasteiger partial charge in [0.2, 0.25) is 0 Å². The van der Waals surface area contributed by atoms with E-state index in [4.69, 9.17) is 5.41 Å². The van der Waals surface area contributed by atoms with E-state index in [-0.39, 0.29) is 0 Å². The van der Waals surface area contributed by atoms with Crippen molar-refractivity contribution in [3.05, 3.63) is 11.3 Å². The molecular formula is C7H12N2. The number of rotatable bonds is 3. The van der Waals surface area contributed by atoms with Crippen molar-refractivity contribution in [1.29, 1.82) is 5.41 Å². The number of nitrogens with zero attached hydrogens (tertiary/aromatic N) is 1. The lowest BCUT2D eigenvalue weighted by Crippen LogP contribution is -1.83. The summed E-state index contributed by atoms with van der Waals surface area (Å²) in [5.74, 6) is 0. The smallest absolute Gasteiger partial charge is 0.0437 e. The topological polar surface area (TPSA) is 36.2 Å². The van der Waals surface area contributed by atoms with Gasteiger partial charge in [-0.05, 0) is 25.6 Å². The molecule has 0 aromatic rings. The van der Waals surface area contributed by atoms with Gasteiger partial charge in [0.1, 0.15) is 0 Å². The highest BCUT2D eigenvalue weighted by Crippen LogP contribution is 2.05. The van der Waals surface area contributed by atoms with Crippen LogP contribution in [0, 0.1) is 5.41 Å². The maximum Gasteiger partial charge on any atom is 0.0437 e. The summed E-state index contributed by atoms with van der Waals surface area (Å²) in [6.45, 7) is 7.25. The van der Waals surface area contributed by atoms with Crippen LogP contribution < -0.4 is 0 Å². The number of hydrogen-bond acceptors (Lipinski definition) is 2. The van der Waals surface area contributed by atoms with Gasteiger partial charge in [-0.1, -0.05) is 6.92 Å². The van der Waals surface area contributed by atoms with E-state index in [1.165, 1.54) is 6.21 Å². The van der Waals surface area contributed by atoms with E-state index in [2.05, 4.69) is 11.7 Å². The molecule has 50 valence electrons. The van der Waals surface area contributed by atoms with Crippen molar-refractivity contribution in [2.75, 3.05) is 0 Å². The third-order valence-corrected chi connectivity index (χ3v) is 1.20. The van der Waals surface area contributed by atoms with Gasteiger partial charge in [0.15, 0.2) is 0 Å². The zero-order chi connectivity index (χ0) is 7.28. The van der Waals surface area contributed by atoms with Gasteiger partial charge < -0.3 is 5.41 Å². The van der Waals surface area contributed by atoms with E-state index in [1.807, 2.05) is 13.8 Å². The zero-order valence-electron chi connectivity index (χ0n) is 5.94. The van der Waals surface area contributed by atoms with Gasteiger partial charge >= 0.3 is 0 Å². The number of allylic oxidation sites excluding steroid dienone is 2. The molecular weight excluding hydrogens is 112 g/mol. The molecule has 0 unspecified atom stereocenters. The lowest BCUT2D eigenvalue weighted by Gasteiger charge is -1.96. The Morgan fingerprint density at radius 1 is 1.78 bits per heavy atom. The molecule has 0 aliphatic carbocycles. The molecule has 0 saturated heterocycles. The second-order valence-corrected chi connectivity index (χ2v) is 1.79. The average molecular weight is 124 g/mol. The summed E-state index contributed by atoms with van der Waals surface area (Å²) in [7, 11) is 0. The average Bonchev–Trinajstić information content (AvgIpc) is 1.90. The van der Waals surface area contributed by atoms with Crippen molar-refractivity contribution in [2.45, 2.75) is 20.3 Å². The van der Waals surface area contributed by atoms with Crippen LogP contribution in [0.3, 0.4) is 0 Å². The molecule has 0 bridgehead atoms. The monoisotopic (exact) mass is 124 g/mol. The summed E-state index contributed by atoms with van der Waals surface area (Å²) in [6.07, 6.45) is 2.15. The van der Waals surface area contributed by atoms with E-state index in [1.54, 1.807) is 0 Å². The van der Waals surface area contributed by atoms with E-state index in [0.29, 0.717) is 0 Å². The van der Waals surface area contributed by atoms with Crippen LogP contribution in [0.1, 0.15) is 20.3 Å². The Kier molecular flexibility index (Phi) is 3.60. The SMILES string of the molecule is C=N/C(CC)=C(\C)C=N. The van der Waals surface area contributed by atoms with Crippen LogP contribution in [-0.2, 0) is 0 Å². The molecule has 9 heavy (non-hydrogen) atoms. The third-order valence-electron chi connectivity index (χ3n) is 1.20. The molecule has 0 amide bonds. The molecule has 0 aliphatic heterocycles. The first-order chi connectivity index (χ1) is 4.26. The number of hydrogen-bond donors (Lipinski definition) is 1. The minimum absolute atomic E-state index is 0.852. The Bertz CT molecular complexity index is 145. The maximum atomic E-state index is 6.88. The molecule has 0 atom stereocenters. The fraction of sp³-hybridized carbons (Fsp3) is 0.429. The fourth-order valence-corrected chi connectivity index (χ4v) is 0.599. The number of nitrogens with one attached hydrogen (secondary N) is 1. The minimum Gasteiger partial charge on any atom is -0.308 e. The highest BCUT2D eigenvalue weighted by atomic mass is 14.7. The molecule has 0 saturated carbocycles. The third kappa shape index (κ3) is 2.22. The molecule has 2 heteroatoms. The Balaban J connectivity index is 4.36. The highest BCUT2D eigenvalue weighted by molar-refractivity contribution is 5.76. The van der Waals surface area contributed by atoms with Crippen LogP contribution in [0.2, 0.25) is 0 Å². The summed E-state index contributed by atoms with van der Waals surface area (Å²) >= 11 is 0. The van der Waals surface area contributed by atoms with Crippen LogP contribution in [0.5, 0.6) is 0 Å². The maximum absolute atomic E-state index is 6.88. The molecule has 0 radical (unpaired) electrons. The largest absolute Gasteiger partial charge is 0.308 e. The van der Waals surface area contributed by atoms with E-state index in [0.717, 1.165) is 17.7 Å². The van der Waals surface area contributed by atoms with Crippen molar-refractivity contribution < 1.29 is 0 Å². The molecule has 0 spiro atoms. The highest BCUT2D eigenvalue weighted by Gasteiger charge is 1.91. The lowest BCUT2D eigenvalue weighted by atomic mass is 10.2. The van der Waals surface area contributed by atoms with Crippen LogP contribution in [0.25, 0.3) is 0 Å². The zero-order valence-corrected chi connectivity index (χ0v) is 5.94. The Labute approximate surface area is 55.8 Å². The Hall–Kier alpha value is -0.920. The van der Waals surface area contributed by atoms with Crippen molar-refractivity contribution in [2.24, 2.45) is 4.99 Å². The van der Waals surface area contributed by atoms with Gasteiger partial charge in [0.25, 0.3) is 0 Å². The summed E-state index contributed by atoms with van der Waals surface area (Å²) in [5.41, 5.74) is 1.80. The quantitative estimate of drug-likeness (QED) is 0.559.